The molecule has 3 rings (SSSR count). The van der Waals surface area contributed by atoms with Crippen LogP contribution in [0.15, 0.2) is 46.7 Å². The van der Waals surface area contributed by atoms with E-state index in [4.69, 9.17) is 4.74 Å². The molecule has 1 aromatic carbocycles. The van der Waals surface area contributed by atoms with Gasteiger partial charge in [-0.15, -0.1) is 11.3 Å². The molecule has 1 atom stereocenters. The molecule has 1 aliphatic rings. The average molecular weight is 351 g/mol. The van der Waals surface area contributed by atoms with Gasteiger partial charge in [0.2, 0.25) is 0 Å². The second-order valence-electron chi connectivity index (χ2n) is 5.63. The Morgan fingerprint density at radius 1 is 1.22 bits per heavy atom. The first-order valence-corrected chi connectivity index (χ1v) is 10.2. The fourth-order valence-electron chi connectivity index (χ4n) is 2.73. The average Bonchev–Trinajstić information content (AvgIpc) is 3.06. The van der Waals surface area contributed by atoms with Crippen LogP contribution in [0, 0.1) is 0 Å². The summed E-state index contributed by atoms with van der Waals surface area (Å²) in [4.78, 5) is 1.10. The molecule has 1 aliphatic heterocycles. The van der Waals surface area contributed by atoms with Crippen LogP contribution >= 0.6 is 11.3 Å². The molecule has 0 N–H and O–H groups in total. The summed E-state index contributed by atoms with van der Waals surface area (Å²) in [5.41, 5.74) is 0. The van der Waals surface area contributed by atoms with E-state index in [0.717, 1.165) is 29.9 Å². The van der Waals surface area contributed by atoms with Crippen LogP contribution in [-0.2, 0) is 16.4 Å². The van der Waals surface area contributed by atoms with Gasteiger partial charge < -0.3 is 4.74 Å². The molecule has 1 saturated heterocycles. The fourth-order valence-corrected chi connectivity index (χ4v) is 5.69. The molecule has 0 radical (unpaired) electrons. The number of thiophene rings is 1. The minimum atomic E-state index is -3.40. The summed E-state index contributed by atoms with van der Waals surface area (Å²) in [7, 11) is -3.40. The van der Waals surface area contributed by atoms with E-state index in [9.17, 15) is 8.42 Å². The summed E-state index contributed by atoms with van der Waals surface area (Å²) in [6.07, 6.45) is 2.47. The second-order valence-corrected chi connectivity index (χ2v) is 8.97. The Balaban J connectivity index is 1.72. The van der Waals surface area contributed by atoms with E-state index < -0.39 is 10.0 Å². The number of hydrogen-bond donors (Lipinski definition) is 0. The lowest BCUT2D eigenvalue weighted by Gasteiger charge is -2.31. The van der Waals surface area contributed by atoms with Crippen molar-refractivity contribution in [1.29, 1.82) is 0 Å². The molecular formula is C17H21NO3S2. The zero-order valence-corrected chi connectivity index (χ0v) is 14.8. The smallest absolute Gasteiger partial charge is 0.252 e. The van der Waals surface area contributed by atoms with Crippen LogP contribution in [0.25, 0.3) is 0 Å². The first kappa shape index (κ1) is 16.5. The van der Waals surface area contributed by atoms with Crippen molar-refractivity contribution in [2.45, 2.75) is 36.5 Å². The molecule has 4 nitrogen and oxygen atoms in total. The van der Waals surface area contributed by atoms with Gasteiger partial charge in [0.25, 0.3) is 10.0 Å². The van der Waals surface area contributed by atoms with E-state index in [-0.39, 0.29) is 6.10 Å². The minimum Gasteiger partial charge on any atom is -0.489 e. The Bertz CT molecular complexity index is 740. The molecule has 0 bridgehead atoms. The minimum absolute atomic E-state index is 0.0912. The molecule has 2 heterocycles. The van der Waals surface area contributed by atoms with Crippen LogP contribution in [0.1, 0.15) is 24.6 Å². The first-order valence-electron chi connectivity index (χ1n) is 7.90. The molecule has 0 amide bonds. The Hall–Kier alpha value is -1.37. The van der Waals surface area contributed by atoms with Crippen molar-refractivity contribution in [3.05, 3.63) is 47.3 Å². The maximum atomic E-state index is 12.8. The molecule has 1 aromatic heterocycles. The fraction of sp³-hybridized carbons (Fsp3) is 0.412. The number of rotatable bonds is 5. The predicted octanol–water partition coefficient (Wildman–Crippen LogP) is 3.54. The van der Waals surface area contributed by atoms with Crippen molar-refractivity contribution in [1.82, 2.24) is 4.31 Å². The zero-order chi connectivity index (χ0) is 16.3. The van der Waals surface area contributed by atoms with Crippen LogP contribution in [0.3, 0.4) is 0 Å². The van der Waals surface area contributed by atoms with Crippen molar-refractivity contribution in [3.8, 4) is 5.75 Å². The second kappa shape index (κ2) is 7.03. The molecule has 2 aromatic rings. The highest BCUT2D eigenvalue weighted by molar-refractivity contribution is 7.91. The number of sulfonamides is 1. The highest BCUT2D eigenvalue weighted by Gasteiger charge is 2.32. The third-order valence-corrected chi connectivity index (χ3v) is 7.53. The van der Waals surface area contributed by atoms with Gasteiger partial charge in [-0.2, -0.15) is 4.31 Å². The summed E-state index contributed by atoms with van der Waals surface area (Å²) in [6.45, 7) is 3.01. The molecular weight excluding hydrogens is 330 g/mol. The van der Waals surface area contributed by atoms with E-state index in [2.05, 4.69) is 0 Å². The summed E-state index contributed by atoms with van der Waals surface area (Å²) in [6, 6.07) is 13.2. The van der Waals surface area contributed by atoms with Crippen LogP contribution < -0.4 is 4.74 Å². The first-order chi connectivity index (χ1) is 11.1. The van der Waals surface area contributed by atoms with Crippen molar-refractivity contribution >= 4 is 21.4 Å². The normalized spacial score (nSPS) is 19.6. The molecule has 0 saturated carbocycles. The SMILES string of the molecule is CCc1ccc(S(=O)(=O)N2CCCC(Oc3ccccc3)C2)s1. The van der Waals surface area contributed by atoms with Crippen LogP contribution in [0.5, 0.6) is 5.75 Å². The number of benzene rings is 1. The van der Waals surface area contributed by atoms with Crippen molar-refractivity contribution in [2.24, 2.45) is 0 Å². The Morgan fingerprint density at radius 3 is 2.70 bits per heavy atom. The number of nitrogens with zero attached hydrogens (tertiary/aromatic N) is 1. The number of para-hydroxylation sites is 1. The standard InChI is InChI=1S/C17H21NO3S2/c1-2-16-10-11-17(22-16)23(19,20)18-12-6-9-15(13-18)21-14-7-4-3-5-8-14/h3-5,7-8,10-11,15H,2,6,9,12-13H2,1H3. The Kier molecular flexibility index (Phi) is 5.04. The van der Waals surface area contributed by atoms with Gasteiger partial charge in [-0.05, 0) is 43.5 Å². The lowest BCUT2D eigenvalue weighted by molar-refractivity contribution is 0.130. The summed E-state index contributed by atoms with van der Waals surface area (Å²) < 4.78 is 33.5. The van der Waals surface area contributed by atoms with Gasteiger partial charge in [0.05, 0.1) is 6.54 Å². The van der Waals surface area contributed by atoms with Gasteiger partial charge in [0, 0.05) is 11.4 Å². The molecule has 6 heteroatoms. The molecule has 1 unspecified atom stereocenters. The summed E-state index contributed by atoms with van der Waals surface area (Å²) in [5, 5.41) is 0. The van der Waals surface area contributed by atoms with Crippen molar-refractivity contribution in [2.75, 3.05) is 13.1 Å². The highest BCUT2D eigenvalue weighted by atomic mass is 32.2. The third-order valence-electron chi connectivity index (χ3n) is 3.97. The third kappa shape index (κ3) is 3.76. The predicted molar refractivity (Wildman–Crippen MR) is 92.5 cm³/mol. The summed E-state index contributed by atoms with van der Waals surface area (Å²) >= 11 is 1.37. The highest BCUT2D eigenvalue weighted by Crippen LogP contribution is 2.28. The molecule has 124 valence electrons. The van der Waals surface area contributed by atoms with E-state index >= 15 is 0 Å². The zero-order valence-electron chi connectivity index (χ0n) is 13.1. The monoisotopic (exact) mass is 351 g/mol. The molecule has 0 aliphatic carbocycles. The maximum absolute atomic E-state index is 12.8. The molecule has 0 spiro atoms. The van der Waals surface area contributed by atoms with E-state index in [1.165, 1.54) is 11.3 Å². The van der Waals surface area contributed by atoms with Crippen LogP contribution in [0.2, 0.25) is 0 Å². The van der Waals surface area contributed by atoms with E-state index in [1.807, 2.05) is 43.3 Å². The largest absolute Gasteiger partial charge is 0.489 e. The Morgan fingerprint density at radius 2 is 2.00 bits per heavy atom. The van der Waals surface area contributed by atoms with Gasteiger partial charge in [-0.3, -0.25) is 0 Å². The van der Waals surface area contributed by atoms with E-state index in [1.54, 1.807) is 10.4 Å². The van der Waals surface area contributed by atoms with Gasteiger partial charge in [0.1, 0.15) is 16.1 Å². The topological polar surface area (TPSA) is 46.6 Å². The van der Waals surface area contributed by atoms with Gasteiger partial charge in [0.15, 0.2) is 0 Å². The van der Waals surface area contributed by atoms with Gasteiger partial charge in [-0.25, -0.2) is 8.42 Å². The summed E-state index contributed by atoms with van der Waals surface area (Å²) in [5.74, 6) is 0.793. The van der Waals surface area contributed by atoms with Crippen LogP contribution in [0.4, 0.5) is 0 Å². The van der Waals surface area contributed by atoms with E-state index in [0.29, 0.717) is 17.3 Å². The number of piperidine rings is 1. The van der Waals surface area contributed by atoms with Crippen molar-refractivity contribution in [3.63, 3.8) is 0 Å². The Labute approximate surface area is 141 Å². The number of ether oxygens (including phenoxy) is 1. The molecule has 1 fully saturated rings. The number of hydrogen-bond acceptors (Lipinski definition) is 4. The van der Waals surface area contributed by atoms with Gasteiger partial charge >= 0.3 is 0 Å². The number of aryl methyl sites for hydroxylation is 1. The van der Waals surface area contributed by atoms with Crippen molar-refractivity contribution < 1.29 is 13.2 Å². The maximum Gasteiger partial charge on any atom is 0.252 e. The lowest BCUT2D eigenvalue weighted by Crippen LogP contribution is -2.44. The lowest BCUT2D eigenvalue weighted by atomic mass is 10.1. The quantitative estimate of drug-likeness (QED) is 0.828. The van der Waals surface area contributed by atoms with Crippen LogP contribution in [-0.4, -0.2) is 31.9 Å². The molecule has 23 heavy (non-hydrogen) atoms. The van der Waals surface area contributed by atoms with Gasteiger partial charge in [-0.1, -0.05) is 25.1 Å².